The molecule has 2 N–H and O–H groups in total. The van der Waals surface area contributed by atoms with Gasteiger partial charge >= 0.3 is 0 Å². The monoisotopic (exact) mass is 362 g/mol. The first kappa shape index (κ1) is 16.0. The summed E-state index contributed by atoms with van der Waals surface area (Å²) >= 11 is 1.37. The molecule has 0 saturated heterocycles. The topological polar surface area (TPSA) is 75.5 Å². The Morgan fingerprint density at radius 2 is 1.73 bits per heavy atom. The van der Waals surface area contributed by atoms with Crippen LogP contribution in [-0.2, 0) is 0 Å². The van der Waals surface area contributed by atoms with Gasteiger partial charge in [0.05, 0.1) is 4.88 Å². The molecule has 2 amide bonds. The highest BCUT2D eigenvalue weighted by molar-refractivity contribution is 7.12. The lowest BCUT2D eigenvalue weighted by Crippen LogP contribution is -2.13. The van der Waals surface area contributed by atoms with Crippen molar-refractivity contribution >= 4 is 40.2 Å². The van der Waals surface area contributed by atoms with Crippen LogP contribution in [0.3, 0.4) is 0 Å². The van der Waals surface area contributed by atoms with Crippen LogP contribution in [0.1, 0.15) is 20.2 Å². The van der Waals surface area contributed by atoms with Crippen LogP contribution >= 0.6 is 11.3 Å². The Morgan fingerprint density at radius 3 is 2.46 bits per heavy atom. The number of carbonyl (C=O) groups is 2. The van der Waals surface area contributed by atoms with Gasteiger partial charge in [-0.1, -0.05) is 18.2 Å². The van der Waals surface area contributed by atoms with Crippen LogP contribution in [0.15, 0.2) is 72.4 Å². The van der Waals surface area contributed by atoms with Gasteiger partial charge in [0.2, 0.25) is 0 Å². The highest BCUT2D eigenvalue weighted by Crippen LogP contribution is 2.18. The highest BCUT2D eigenvalue weighted by Gasteiger charge is 2.12. The molecule has 26 heavy (non-hydrogen) atoms. The third-order valence-electron chi connectivity index (χ3n) is 3.72. The number of hydrogen-bond acceptors (Lipinski definition) is 4. The van der Waals surface area contributed by atoms with Crippen molar-refractivity contribution in [2.75, 3.05) is 10.6 Å². The summed E-state index contributed by atoms with van der Waals surface area (Å²) in [5.41, 5.74) is 2.21. The van der Waals surface area contributed by atoms with E-state index in [1.165, 1.54) is 11.3 Å². The fourth-order valence-electron chi connectivity index (χ4n) is 2.51. The summed E-state index contributed by atoms with van der Waals surface area (Å²) in [4.78, 5) is 29.5. The summed E-state index contributed by atoms with van der Waals surface area (Å²) < 4.78 is 1.78. The minimum atomic E-state index is -0.310. The van der Waals surface area contributed by atoms with Gasteiger partial charge in [-0.2, -0.15) is 0 Å². The Balaban J connectivity index is 1.49. The number of amides is 2. The molecule has 128 valence electrons. The lowest BCUT2D eigenvalue weighted by atomic mass is 10.2. The number of thiophene rings is 1. The maximum Gasteiger partial charge on any atom is 0.275 e. The SMILES string of the molecule is O=C(Nc1cccc(NC(=O)c2cccs2)c1)c1cn2ccccc2n1. The third-order valence-corrected chi connectivity index (χ3v) is 4.59. The van der Waals surface area contributed by atoms with Crippen molar-refractivity contribution in [3.63, 3.8) is 0 Å². The molecule has 0 spiro atoms. The standard InChI is InChI=1S/C19H14N4O2S/c24-18(15-12-23-9-2-1-8-17(23)22-15)20-13-5-3-6-14(11-13)21-19(25)16-7-4-10-26-16/h1-12H,(H,20,24)(H,21,25). The quantitative estimate of drug-likeness (QED) is 0.578. The summed E-state index contributed by atoms with van der Waals surface area (Å²) in [5, 5.41) is 7.47. The maximum absolute atomic E-state index is 12.4. The number of benzene rings is 1. The molecule has 0 atom stereocenters. The average Bonchev–Trinajstić information content (AvgIpc) is 3.31. The first-order valence-electron chi connectivity index (χ1n) is 7.89. The van der Waals surface area contributed by atoms with Crippen molar-refractivity contribution in [3.8, 4) is 0 Å². The molecule has 3 aromatic heterocycles. The van der Waals surface area contributed by atoms with Gasteiger partial charge in [0.1, 0.15) is 11.3 Å². The van der Waals surface area contributed by atoms with Gasteiger partial charge in [0.15, 0.2) is 0 Å². The second-order valence-corrected chi connectivity index (χ2v) is 6.51. The lowest BCUT2D eigenvalue weighted by molar-refractivity contribution is 0.101. The predicted molar refractivity (Wildman–Crippen MR) is 102 cm³/mol. The summed E-state index contributed by atoms with van der Waals surface area (Å²) in [6.07, 6.45) is 3.51. The zero-order chi connectivity index (χ0) is 17.9. The number of rotatable bonds is 4. The van der Waals surface area contributed by atoms with Crippen molar-refractivity contribution in [1.82, 2.24) is 9.38 Å². The van der Waals surface area contributed by atoms with E-state index in [4.69, 9.17) is 0 Å². The number of nitrogens with one attached hydrogen (secondary N) is 2. The normalized spacial score (nSPS) is 10.6. The van der Waals surface area contributed by atoms with E-state index in [9.17, 15) is 9.59 Å². The second kappa shape index (κ2) is 6.81. The second-order valence-electron chi connectivity index (χ2n) is 5.56. The Kier molecular flexibility index (Phi) is 4.20. The number of carbonyl (C=O) groups excluding carboxylic acids is 2. The van der Waals surface area contributed by atoms with Crippen LogP contribution in [0.2, 0.25) is 0 Å². The van der Waals surface area contributed by atoms with E-state index in [1.54, 1.807) is 40.9 Å². The number of anilines is 2. The minimum Gasteiger partial charge on any atom is -0.321 e. The van der Waals surface area contributed by atoms with Crippen molar-refractivity contribution in [3.05, 3.63) is 82.9 Å². The van der Waals surface area contributed by atoms with Crippen LogP contribution in [0.4, 0.5) is 11.4 Å². The maximum atomic E-state index is 12.4. The molecule has 4 aromatic rings. The Labute approximate surface area is 153 Å². The fraction of sp³-hybridized carbons (Fsp3) is 0. The van der Waals surface area contributed by atoms with Crippen molar-refractivity contribution in [2.45, 2.75) is 0 Å². The zero-order valence-corrected chi connectivity index (χ0v) is 14.4. The molecule has 1 aromatic carbocycles. The first-order chi connectivity index (χ1) is 12.7. The molecular formula is C19H14N4O2S. The molecule has 0 bridgehead atoms. The van der Waals surface area contributed by atoms with Crippen molar-refractivity contribution < 1.29 is 9.59 Å². The average molecular weight is 362 g/mol. The van der Waals surface area contributed by atoms with Crippen LogP contribution < -0.4 is 10.6 Å². The number of nitrogens with zero attached hydrogens (tertiary/aromatic N) is 2. The molecule has 0 unspecified atom stereocenters. The molecule has 0 fully saturated rings. The Morgan fingerprint density at radius 1 is 0.923 bits per heavy atom. The van der Waals surface area contributed by atoms with E-state index in [0.29, 0.717) is 27.6 Å². The van der Waals surface area contributed by atoms with E-state index in [-0.39, 0.29) is 11.8 Å². The van der Waals surface area contributed by atoms with E-state index in [0.717, 1.165) is 0 Å². The van der Waals surface area contributed by atoms with Crippen LogP contribution in [0.25, 0.3) is 5.65 Å². The van der Waals surface area contributed by atoms with E-state index in [1.807, 2.05) is 35.8 Å². The first-order valence-corrected chi connectivity index (χ1v) is 8.77. The van der Waals surface area contributed by atoms with Gasteiger partial charge < -0.3 is 15.0 Å². The van der Waals surface area contributed by atoms with Crippen LogP contribution in [-0.4, -0.2) is 21.2 Å². The molecule has 4 rings (SSSR count). The molecule has 0 aliphatic heterocycles. The number of hydrogen-bond donors (Lipinski definition) is 2. The van der Waals surface area contributed by atoms with Crippen LogP contribution in [0.5, 0.6) is 0 Å². The Bertz CT molecular complexity index is 1050. The summed E-state index contributed by atoms with van der Waals surface area (Å²) in [6.45, 7) is 0. The zero-order valence-electron chi connectivity index (χ0n) is 13.5. The van der Waals surface area contributed by atoms with Crippen molar-refractivity contribution in [2.24, 2.45) is 0 Å². The van der Waals surface area contributed by atoms with Gasteiger partial charge in [-0.25, -0.2) is 4.98 Å². The molecule has 6 nitrogen and oxygen atoms in total. The summed E-state index contributed by atoms with van der Waals surface area (Å²) in [6, 6.07) is 16.2. The Hall–Kier alpha value is -3.45. The van der Waals surface area contributed by atoms with Gasteiger partial charge in [-0.15, -0.1) is 11.3 Å². The summed E-state index contributed by atoms with van der Waals surface area (Å²) in [7, 11) is 0. The number of fused-ring (bicyclic) bond motifs is 1. The largest absolute Gasteiger partial charge is 0.321 e. The molecular weight excluding hydrogens is 348 g/mol. The molecule has 0 saturated carbocycles. The number of imidazole rings is 1. The van der Waals surface area contributed by atoms with Crippen molar-refractivity contribution in [1.29, 1.82) is 0 Å². The predicted octanol–water partition coefficient (Wildman–Crippen LogP) is 3.90. The molecule has 7 heteroatoms. The van der Waals surface area contributed by atoms with Gasteiger partial charge in [0.25, 0.3) is 11.8 Å². The highest BCUT2D eigenvalue weighted by atomic mass is 32.1. The van der Waals surface area contributed by atoms with E-state index in [2.05, 4.69) is 15.6 Å². The lowest BCUT2D eigenvalue weighted by Gasteiger charge is -2.07. The van der Waals surface area contributed by atoms with E-state index >= 15 is 0 Å². The molecule has 0 radical (unpaired) electrons. The smallest absolute Gasteiger partial charge is 0.275 e. The van der Waals surface area contributed by atoms with Crippen LogP contribution in [0, 0.1) is 0 Å². The number of aromatic nitrogens is 2. The molecule has 3 heterocycles. The van der Waals surface area contributed by atoms with Gasteiger partial charge in [0, 0.05) is 23.8 Å². The molecule has 0 aliphatic carbocycles. The number of pyridine rings is 1. The fourth-order valence-corrected chi connectivity index (χ4v) is 3.13. The van der Waals surface area contributed by atoms with E-state index < -0.39 is 0 Å². The minimum absolute atomic E-state index is 0.177. The third kappa shape index (κ3) is 3.33. The molecule has 0 aliphatic rings. The van der Waals surface area contributed by atoms with Gasteiger partial charge in [-0.3, -0.25) is 9.59 Å². The van der Waals surface area contributed by atoms with Gasteiger partial charge in [-0.05, 0) is 41.8 Å². The summed E-state index contributed by atoms with van der Waals surface area (Å²) in [5.74, 6) is -0.487.